The minimum atomic E-state index is -0.435. The lowest BCUT2D eigenvalue weighted by Gasteiger charge is -2.35. The van der Waals surface area contributed by atoms with Crippen LogP contribution in [-0.4, -0.2) is 78.6 Å². The Labute approximate surface area is 323 Å². The number of benzene rings is 2. The van der Waals surface area contributed by atoms with E-state index in [2.05, 4.69) is 86.3 Å². The van der Waals surface area contributed by atoms with E-state index in [9.17, 15) is 0 Å². The van der Waals surface area contributed by atoms with Crippen LogP contribution in [0.15, 0.2) is 102 Å². The Morgan fingerprint density at radius 3 is 1.91 bits per heavy atom. The van der Waals surface area contributed by atoms with E-state index in [1.165, 1.54) is 5.57 Å². The van der Waals surface area contributed by atoms with Gasteiger partial charge in [0.15, 0.2) is 11.3 Å². The molecule has 2 atom stereocenters. The second-order valence-corrected chi connectivity index (χ2v) is 15.2. The fourth-order valence-electron chi connectivity index (χ4n) is 8.70. The second-order valence-electron chi connectivity index (χ2n) is 14.4. The smallest absolute Gasteiger partial charge is 0.162 e. The summed E-state index contributed by atoms with van der Waals surface area (Å²) in [4.78, 5) is 30.0. The molecule has 0 bridgehead atoms. The number of para-hydroxylation sites is 2. The van der Waals surface area contributed by atoms with Crippen LogP contribution in [0.3, 0.4) is 0 Å². The predicted molar refractivity (Wildman–Crippen MR) is 207 cm³/mol. The maximum Gasteiger partial charge on any atom is 0.162 e. The zero-order valence-electron chi connectivity index (χ0n) is 29.6. The number of hydrogen-bond donors (Lipinski definition) is 0. The van der Waals surface area contributed by atoms with E-state index in [1.54, 1.807) is 12.5 Å². The van der Waals surface area contributed by atoms with Crippen LogP contribution in [0.2, 0.25) is 0 Å². The Bertz CT molecular complexity index is 2660. The summed E-state index contributed by atoms with van der Waals surface area (Å²) in [6, 6.07) is 26.3. The van der Waals surface area contributed by atoms with Gasteiger partial charge in [-0.2, -0.15) is 0 Å². The number of anilines is 1. The SMILES string of the molecule is Brc1ccc2nc3n(c2n1)C1(COC3)COc2ccccc21.C1=C(c2ccc3nc4n(c3n2)C2(COC4)COc3ccccc32)CCN(c2ccncn2)C1. The van der Waals surface area contributed by atoms with E-state index in [1.807, 2.05) is 48.5 Å². The first kappa shape index (κ1) is 32.7. The molecule has 5 aromatic heterocycles. The Morgan fingerprint density at radius 1 is 0.655 bits per heavy atom. The van der Waals surface area contributed by atoms with Gasteiger partial charge in [0.1, 0.15) is 88.4 Å². The highest BCUT2D eigenvalue weighted by atomic mass is 79.9. The summed E-state index contributed by atoms with van der Waals surface area (Å²) in [6.45, 7) is 4.85. The number of nitrogens with zero attached hydrogens (tertiary/aromatic N) is 9. The van der Waals surface area contributed by atoms with Crippen LogP contribution in [-0.2, 0) is 33.8 Å². The molecule has 14 heteroatoms. The first-order valence-corrected chi connectivity index (χ1v) is 19.1. The van der Waals surface area contributed by atoms with Gasteiger partial charge in [-0.15, -0.1) is 0 Å². The van der Waals surface area contributed by atoms with Gasteiger partial charge >= 0.3 is 0 Å². The summed E-state index contributed by atoms with van der Waals surface area (Å²) in [5.41, 5.74) is 7.24. The average Bonchev–Trinajstić information content (AvgIpc) is 4.01. The molecule has 274 valence electrons. The Kier molecular flexibility index (Phi) is 7.54. The monoisotopic (exact) mass is 795 g/mol. The first-order valence-electron chi connectivity index (χ1n) is 18.3. The molecule has 0 fully saturated rings. The largest absolute Gasteiger partial charge is 0.490 e. The van der Waals surface area contributed by atoms with Crippen LogP contribution >= 0.6 is 15.9 Å². The summed E-state index contributed by atoms with van der Waals surface area (Å²) < 4.78 is 29.1. The van der Waals surface area contributed by atoms with E-state index < -0.39 is 5.54 Å². The van der Waals surface area contributed by atoms with E-state index in [4.69, 9.17) is 28.9 Å². The zero-order chi connectivity index (χ0) is 36.6. The number of halogens is 1. The number of ether oxygens (including phenoxy) is 4. The van der Waals surface area contributed by atoms with Gasteiger partial charge in [0.05, 0.1) is 18.9 Å². The van der Waals surface area contributed by atoms with Crippen molar-refractivity contribution in [1.82, 2.24) is 39.0 Å². The van der Waals surface area contributed by atoms with Gasteiger partial charge in [0.25, 0.3) is 0 Å². The molecule has 13 nitrogen and oxygen atoms in total. The maximum atomic E-state index is 6.08. The molecular weight excluding hydrogens is 762 g/mol. The molecule has 5 aliphatic rings. The molecule has 55 heavy (non-hydrogen) atoms. The number of hydrogen-bond acceptors (Lipinski definition) is 11. The van der Waals surface area contributed by atoms with Gasteiger partial charge in [-0.25, -0.2) is 29.9 Å². The third kappa shape index (κ3) is 5.11. The summed E-state index contributed by atoms with van der Waals surface area (Å²) in [5, 5.41) is 0. The van der Waals surface area contributed by atoms with Gasteiger partial charge in [-0.1, -0.05) is 42.5 Å². The molecule has 2 aromatic carbocycles. The van der Waals surface area contributed by atoms with Crippen molar-refractivity contribution in [3.63, 3.8) is 0 Å². The van der Waals surface area contributed by atoms with Gasteiger partial charge in [-0.05, 0) is 70.4 Å². The van der Waals surface area contributed by atoms with Crippen LogP contribution in [0.5, 0.6) is 11.5 Å². The van der Waals surface area contributed by atoms with Crippen molar-refractivity contribution in [2.24, 2.45) is 0 Å². The van der Waals surface area contributed by atoms with E-state index >= 15 is 0 Å². The summed E-state index contributed by atoms with van der Waals surface area (Å²) in [6.07, 6.45) is 6.53. The van der Waals surface area contributed by atoms with Crippen LogP contribution < -0.4 is 14.4 Å². The zero-order valence-corrected chi connectivity index (χ0v) is 31.2. The van der Waals surface area contributed by atoms with Crippen LogP contribution in [0.4, 0.5) is 5.82 Å². The van der Waals surface area contributed by atoms with E-state index in [0.717, 1.165) is 92.2 Å². The average molecular weight is 797 g/mol. The highest BCUT2D eigenvalue weighted by Crippen LogP contribution is 2.46. The fraction of sp³-hybridized carbons (Fsp3) is 0.268. The van der Waals surface area contributed by atoms with Gasteiger partial charge in [-0.3, -0.25) is 9.13 Å². The number of imidazole rings is 2. The van der Waals surface area contributed by atoms with Crippen molar-refractivity contribution in [1.29, 1.82) is 0 Å². The van der Waals surface area contributed by atoms with Gasteiger partial charge < -0.3 is 23.8 Å². The van der Waals surface area contributed by atoms with Gasteiger partial charge in [0, 0.05) is 30.4 Å². The van der Waals surface area contributed by atoms with Crippen molar-refractivity contribution in [3.05, 3.63) is 131 Å². The third-order valence-electron chi connectivity index (χ3n) is 11.3. The summed E-state index contributed by atoms with van der Waals surface area (Å²) >= 11 is 3.46. The molecule has 10 heterocycles. The van der Waals surface area contributed by atoms with Crippen LogP contribution in [0.1, 0.15) is 34.9 Å². The normalized spacial score (nSPS) is 22.0. The molecule has 0 radical (unpaired) electrons. The number of aromatic nitrogens is 8. The lowest BCUT2D eigenvalue weighted by atomic mass is 9.91. The van der Waals surface area contributed by atoms with Crippen molar-refractivity contribution in [3.8, 4) is 11.5 Å². The lowest BCUT2D eigenvalue weighted by molar-refractivity contribution is 0.0134. The van der Waals surface area contributed by atoms with Gasteiger partial charge in [0.2, 0.25) is 0 Å². The predicted octanol–water partition coefficient (Wildman–Crippen LogP) is 6.04. The summed E-state index contributed by atoms with van der Waals surface area (Å²) in [5.74, 6) is 4.57. The highest BCUT2D eigenvalue weighted by Gasteiger charge is 2.48. The van der Waals surface area contributed by atoms with Crippen LogP contribution in [0, 0.1) is 0 Å². The van der Waals surface area contributed by atoms with E-state index in [-0.39, 0.29) is 5.54 Å². The molecule has 5 aliphatic heterocycles. The molecule has 0 aliphatic carbocycles. The standard InChI is InChI=1S/C25H22N6O2.C16H12BrN3O2/c1-2-4-21-18(3-1)25(15-33-21)14-32-13-23-28-20-6-5-19(29-24(20)31(23)25)17-8-11-30(12-9-17)22-7-10-26-16-27-22;17-13-6-5-11-15(19-13)20-14(18-11)7-21-8-16(20)9-22-12-4-2-1-3-10(12)16/h1-8,10,16H,9,11-15H2;1-6H,7-9H2. The fourth-order valence-corrected chi connectivity index (χ4v) is 9.00. The van der Waals surface area contributed by atoms with E-state index in [0.29, 0.717) is 39.6 Å². The molecule has 2 unspecified atom stereocenters. The van der Waals surface area contributed by atoms with Crippen molar-refractivity contribution < 1.29 is 18.9 Å². The first-order chi connectivity index (χ1) is 27.1. The third-order valence-corrected chi connectivity index (χ3v) is 11.7. The van der Waals surface area contributed by atoms with Crippen molar-refractivity contribution >= 4 is 49.6 Å². The molecule has 0 saturated heterocycles. The quantitative estimate of drug-likeness (QED) is 0.190. The number of rotatable bonds is 2. The highest BCUT2D eigenvalue weighted by molar-refractivity contribution is 9.10. The Morgan fingerprint density at radius 2 is 1.29 bits per heavy atom. The maximum absolute atomic E-state index is 6.08. The van der Waals surface area contributed by atoms with Crippen LogP contribution in [0.25, 0.3) is 27.9 Å². The van der Waals surface area contributed by atoms with Crippen molar-refractivity contribution in [2.75, 3.05) is 44.4 Å². The molecule has 0 N–H and O–H groups in total. The Hall–Kier alpha value is -5.70. The Balaban J connectivity index is 0.000000139. The number of fused-ring (bicyclic) bond motifs is 12. The number of pyridine rings is 2. The lowest BCUT2D eigenvalue weighted by Crippen LogP contribution is -2.45. The minimum absolute atomic E-state index is 0.382. The molecule has 0 amide bonds. The molecule has 0 saturated carbocycles. The minimum Gasteiger partial charge on any atom is -0.490 e. The summed E-state index contributed by atoms with van der Waals surface area (Å²) in [7, 11) is 0. The molecule has 7 aromatic rings. The molecule has 2 spiro atoms. The molecular formula is C41H34BrN9O4. The topological polar surface area (TPSA) is 127 Å². The second kappa shape index (κ2) is 12.7. The van der Waals surface area contributed by atoms with Crippen molar-refractivity contribution in [2.45, 2.75) is 30.7 Å². The molecule has 12 rings (SSSR count).